The normalized spacial score (nSPS) is 10.9. The third kappa shape index (κ3) is 8.60. The zero-order valence-corrected chi connectivity index (χ0v) is 25.4. The van der Waals surface area contributed by atoms with Gasteiger partial charge in [0, 0.05) is 42.4 Å². The number of nitrogen functional groups attached to an aromatic ring is 1. The highest BCUT2D eigenvalue weighted by atomic mass is 79.9. The number of esters is 2. The van der Waals surface area contributed by atoms with Gasteiger partial charge in [-0.2, -0.15) is 0 Å². The predicted molar refractivity (Wildman–Crippen MR) is 166 cm³/mol. The number of nitrogens with two attached hydrogens (primary N) is 1. The molecule has 0 radical (unpaired) electrons. The van der Waals surface area contributed by atoms with Gasteiger partial charge in [-0.05, 0) is 47.5 Å². The van der Waals surface area contributed by atoms with Crippen LogP contribution in [0, 0.1) is 5.41 Å². The zero-order chi connectivity index (χ0) is 30.3. The highest BCUT2D eigenvalue weighted by Crippen LogP contribution is 2.28. The fourth-order valence-corrected chi connectivity index (χ4v) is 4.63. The maximum Gasteiger partial charge on any atom is 0.310 e. The summed E-state index contributed by atoms with van der Waals surface area (Å²) in [7, 11) is 6.37. The molecule has 0 aliphatic rings. The van der Waals surface area contributed by atoms with Crippen LogP contribution in [-0.4, -0.2) is 49.4 Å². The highest BCUT2D eigenvalue weighted by Gasteiger charge is 2.18. The topological polar surface area (TPSA) is 127 Å². The van der Waals surface area contributed by atoms with Gasteiger partial charge in [-0.15, -0.1) is 0 Å². The van der Waals surface area contributed by atoms with E-state index in [4.69, 9.17) is 11.1 Å². The van der Waals surface area contributed by atoms with Crippen molar-refractivity contribution in [3.63, 3.8) is 0 Å². The molecule has 0 aliphatic carbocycles. The Balaban J connectivity index is 0.000000587. The molecule has 9 nitrogen and oxygen atoms in total. The van der Waals surface area contributed by atoms with Crippen molar-refractivity contribution in [2.45, 2.75) is 26.9 Å². The Morgan fingerprint density at radius 1 is 0.927 bits per heavy atom. The molecule has 0 spiro atoms. The summed E-state index contributed by atoms with van der Waals surface area (Å²) in [5.41, 5.74) is 11.1. The van der Waals surface area contributed by atoms with Gasteiger partial charge in [0.2, 0.25) is 0 Å². The van der Waals surface area contributed by atoms with Gasteiger partial charge in [0.25, 0.3) is 5.91 Å². The average Bonchev–Trinajstić information content (AvgIpc) is 3.26. The summed E-state index contributed by atoms with van der Waals surface area (Å²) in [6.07, 6.45) is 0. The fourth-order valence-electron chi connectivity index (χ4n) is 4.16. The summed E-state index contributed by atoms with van der Waals surface area (Å²) in [6, 6.07) is 23.7. The number of nitrogens with zero attached hydrogens (tertiary/aromatic N) is 2. The summed E-state index contributed by atoms with van der Waals surface area (Å²) >= 11 is 3.62. The van der Waals surface area contributed by atoms with Gasteiger partial charge in [-0.1, -0.05) is 52.3 Å². The molecule has 1 amide bonds. The Bertz CT molecular complexity index is 1570. The molecule has 3 aromatic carbocycles. The number of aromatic nitrogens is 1. The van der Waals surface area contributed by atoms with Crippen molar-refractivity contribution in [3.8, 4) is 0 Å². The number of carbonyl (C=O) groups is 3. The van der Waals surface area contributed by atoms with Gasteiger partial charge in [-0.3, -0.25) is 24.3 Å². The molecule has 0 saturated heterocycles. The van der Waals surface area contributed by atoms with Crippen LogP contribution in [-0.2, 0) is 27.4 Å². The molecule has 0 fully saturated rings. The lowest BCUT2D eigenvalue weighted by Gasteiger charge is -2.23. The number of benzene rings is 3. The molecule has 4 rings (SSSR count). The molecular weight excluding hydrogens is 586 g/mol. The summed E-state index contributed by atoms with van der Waals surface area (Å²) in [5.74, 6) is -1.24. The minimum Gasteiger partial charge on any atom is -0.394 e. The molecular formula is C31H35BrN5O4+. The van der Waals surface area contributed by atoms with E-state index in [9.17, 15) is 14.4 Å². The third-order valence-electron chi connectivity index (χ3n) is 6.16. The molecule has 0 aliphatic heterocycles. The number of rotatable bonds is 7. The van der Waals surface area contributed by atoms with E-state index in [2.05, 4.69) is 71.4 Å². The Hall–Kier alpha value is -4.28. The molecule has 0 saturated carbocycles. The van der Waals surface area contributed by atoms with Crippen molar-refractivity contribution in [2.75, 3.05) is 21.1 Å². The van der Waals surface area contributed by atoms with Crippen LogP contribution >= 0.6 is 15.9 Å². The fraction of sp³-hybridized carbons (Fsp3) is 0.226. The smallest absolute Gasteiger partial charge is 0.310 e. The molecule has 214 valence electrons. The number of carbonyl (C=O) groups excluding carboxylic acids is 3. The number of fused-ring (bicyclic) bond motifs is 1. The Labute approximate surface area is 248 Å². The van der Waals surface area contributed by atoms with Crippen LogP contribution in [0.5, 0.6) is 0 Å². The highest BCUT2D eigenvalue weighted by molar-refractivity contribution is 9.10. The van der Waals surface area contributed by atoms with E-state index in [1.165, 1.54) is 19.5 Å². The standard InChI is InChI=1S/C27H28BrN5O.C4H6O3/c1-33(2,3)21-12-10-18(11-13-21)16-31-27(34)25-15-22-23(28)8-5-9-24(22)32(25)17-19-6-4-7-20(14-19)26(29)30;1-3(5)7-4(2)6/h4-15H,16-17H2,1-3H3,(H3-,29,30,31,34);1-2H3/p+1. The van der Waals surface area contributed by atoms with E-state index in [0.717, 1.165) is 31.0 Å². The van der Waals surface area contributed by atoms with E-state index in [1.807, 2.05) is 53.1 Å². The number of hydrogen-bond acceptors (Lipinski definition) is 5. The lowest BCUT2D eigenvalue weighted by Crippen LogP contribution is -2.34. The largest absolute Gasteiger partial charge is 0.394 e. The number of quaternary nitrogens is 1. The molecule has 4 aromatic rings. The molecule has 10 heteroatoms. The van der Waals surface area contributed by atoms with Gasteiger partial charge >= 0.3 is 11.9 Å². The molecule has 1 heterocycles. The Morgan fingerprint density at radius 2 is 1.56 bits per heavy atom. The van der Waals surface area contributed by atoms with E-state index >= 15 is 0 Å². The van der Waals surface area contributed by atoms with E-state index in [1.54, 1.807) is 0 Å². The maximum absolute atomic E-state index is 13.3. The van der Waals surface area contributed by atoms with Gasteiger partial charge in [-0.25, -0.2) is 0 Å². The first kappa shape index (κ1) is 31.3. The van der Waals surface area contributed by atoms with Crippen molar-refractivity contribution in [1.29, 1.82) is 5.41 Å². The first-order chi connectivity index (χ1) is 19.3. The monoisotopic (exact) mass is 620 g/mol. The minimum atomic E-state index is -0.562. The van der Waals surface area contributed by atoms with Crippen LogP contribution < -0.4 is 15.5 Å². The SMILES string of the molecule is CC(=O)OC(C)=O.C[N+](C)(C)c1ccc(CNC(=O)c2cc3c(Br)cccc3n2Cc2cccc(C(=N)N)c2)cc1. The summed E-state index contributed by atoms with van der Waals surface area (Å²) in [6.45, 7) is 3.30. The van der Waals surface area contributed by atoms with Crippen molar-refractivity contribution in [3.05, 3.63) is 99.7 Å². The van der Waals surface area contributed by atoms with Gasteiger partial charge in [0.05, 0.1) is 26.7 Å². The second-order valence-electron chi connectivity index (χ2n) is 10.3. The second-order valence-corrected chi connectivity index (χ2v) is 11.2. The zero-order valence-electron chi connectivity index (χ0n) is 23.8. The number of halogens is 1. The molecule has 0 bridgehead atoms. The summed E-state index contributed by atoms with van der Waals surface area (Å²) in [5, 5.41) is 11.8. The lowest BCUT2D eigenvalue weighted by atomic mass is 10.1. The van der Waals surface area contributed by atoms with E-state index in [-0.39, 0.29) is 11.7 Å². The van der Waals surface area contributed by atoms with Gasteiger partial charge in [0.1, 0.15) is 17.2 Å². The average molecular weight is 622 g/mol. The van der Waals surface area contributed by atoms with Crippen LogP contribution in [0.1, 0.15) is 41.0 Å². The maximum atomic E-state index is 13.3. The number of hydrogen-bond donors (Lipinski definition) is 3. The lowest BCUT2D eigenvalue weighted by molar-refractivity contribution is -0.156. The van der Waals surface area contributed by atoms with Gasteiger partial charge in [0.15, 0.2) is 0 Å². The van der Waals surface area contributed by atoms with Crippen molar-refractivity contribution in [1.82, 2.24) is 14.4 Å². The van der Waals surface area contributed by atoms with Crippen molar-refractivity contribution in [2.24, 2.45) is 5.73 Å². The van der Waals surface area contributed by atoms with Crippen LogP contribution in [0.15, 0.2) is 77.3 Å². The summed E-state index contributed by atoms with van der Waals surface area (Å²) < 4.78 is 7.66. The third-order valence-corrected chi connectivity index (χ3v) is 6.85. The van der Waals surface area contributed by atoms with Crippen molar-refractivity contribution >= 4 is 56.2 Å². The molecule has 0 atom stereocenters. The second kappa shape index (κ2) is 13.4. The van der Waals surface area contributed by atoms with Crippen LogP contribution in [0.3, 0.4) is 0 Å². The summed E-state index contributed by atoms with van der Waals surface area (Å²) in [4.78, 5) is 32.9. The first-order valence-electron chi connectivity index (χ1n) is 12.9. The predicted octanol–water partition coefficient (Wildman–Crippen LogP) is 4.96. The van der Waals surface area contributed by atoms with Crippen LogP contribution in [0.25, 0.3) is 10.9 Å². The number of amidine groups is 1. The van der Waals surface area contributed by atoms with Crippen molar-refractivity contribution < 1.29 is 19.1 Å². The molecule has 1 aromatic heterocycles. The molecule has 4 N–H and O–H groups in total. The Kier molecular flexibility index (Phi) is 10.2. The minimum absolute atomic E-state index is 0.0243. The quantitative estimate of drug-likeness (QED) is 0.0885. The van der Waals surface area contributed by atoms with Crippen LogP contribution in [0.2, 0.25) is 0 Å². The number of amides is 1. The number of ether oxygens (including phenoxy) is 1. The van der Waals surface area contributed by atoms with E-state index < -0.39 is 11.9 Å². The molecule has 41 heavy (non-hydrogen) atoms. The number of nitrogens with one attached hydrogen (secondary N) is 2. The molecule has 0 unspecified atom stereocenters. The Morgan fingerprint density at radius 3 is 2.12 bits per heavy atom. The first-order valence-corrected chi connectivity index (χ1v) is 13.6. The van der Waals surface area contributed by atoms with E-state index in [0.29, 0.717) is 24.3 Å². The van der Waals surface area contributed by atoms with Crippen LogP contribution in [0.4, 0.5) is 5.69 Å². The van der Waals surface area contributed by atoms with Gasteiger partial charge < -0.3 is 20.4 Å².